The standard InChI is InChI=1S/C9H16N2O4/c1-5(2)3-6(9(14)15)11-8(13)4-7(10)12/h5-6H,3-4H2,1-2H3,(H2,10,12)(H,11,13)(H,14,15)/t6-/m1/s1. The minimum atomic E-state index is -1.11. The molecule has 2 amide bonds. The van der Waals surface area contributed by atoms with Crippen LogP contribution in [0.2, 0.25) is 0 Å². The maximum absolute atomic E-state index is 11.1. The average molecular weight is 216 g/mol. The Kier molecular flexibility index (Phi) is 5.36. The molecule has 0 radical (unpaired) electrons. The topological polar surface area (TPSA) is 109 Å². The number of carboxylic acid groups (broad SMARTS) is 1. The van der Waals surface area contributed by atoms with Crippen LogP contribution in [-0.2, 0) is 14.4 Å². The molecule has 0 aliphatic carbocycles. The van der Waals surface area contributed by atoms with Crippen LogP contribution in [0.4, 0.5) is 0 Å². The van der Waals surface area contributed by atoms with Crippen molar-refractivity contribution in [2.75, 3.05) is 0 Å². The highest BCUT2D eigenvalue weighted by atomic mass is 16.4. The van der Waals surface area contributed by atoms with Crippen LogP contribution in [0.3, 0.4) is 0 Å². The number of carboxylic acids is 1. The molecule has 6 nitrogen and oxygen atoms in total. The van der Waals surface area contributed by atoms with Gasteiger partial charge in [-0.05, 0) is 12.3 Å². The minimum Gasteiger partial charge on any atom is -0.480 e. The van der Waals surface area contributed by atoms with Gasteiger partial charge >= 0.3 is 5.97 Å². The van der Waals surface area contributed by atoms with Crippen molar-refractivity contribution >= 4 is 17.8 Å². The van der Waals surface area contributed by atoms with E-state index in [0.717, 1.165) is 0 Å². The summed E-state index contributed by atoms with van der Waals surface area (Å²) >= 11 is 0. The molecular weight excluding hydrogens is 200 g/mol. The van der Waals surface area contributed by atoms with Crippen molar-refractivity contribution < 1.29 is 19.5 Å². The highest BCUT2D eigenvalue weighted by molar-refractivity contribution is 5.97. The van der Waals surface area contributed by atoms with Crippen LogP contribution in [0.25, 0.3) is 0 Å². The largest absolute Gasteiger partial charge is 0.480 e. The van der Waals surface area contributed by atoms with Crippen LogP contribution in [-0.4, -0.2) is 28.9 Å². The van der Waals surface area contributed by atoms with Crippen LogP contribution in [0.15, 0.2) is 0 Å². The van der Waals surface area contributed by atoms with Gasteiger partial charge in [-0.3, -0.25) is 9.59 Å². The van der Waals surface area contributed by atoms with Gasteiger partial charge in [-0.15, -0.1) is 0 Å². The minimum absolute atomic E-state index is 0.139. The van der Waals surface area contributed by atoms with E-state index in [4.69, 9.17) is 10.8 Å². The molecule has 1 atom stereocenters. The molecule has 0 saturated carbocycles. The Morgan fingerprint density at radius 2 is 1.87 bits per heavy atom. The molecule has 0 aliphatic rings. The molecule has 0 fully saturated rings. The van der Waals surface area contributed by atoms with Gasteiger partial charge in [0.2, 0.25) is 11.8 Å². The first-order valence-corrected chi connectivity index (χ1v) is 4.63. The molecule has 15 heavy (non-hydrogen) atoms. The third-order valence-corrected chi connectivity index (χ3v) is 1.68. The summed E-state index contributed by atoms with van der Waals surface area (Å²) in [7, 11) is 0. The van der Waals surface area contributed by atoms with E-state index in [9.17, 15) is 14.4 Å². The van der Waals surface area contributed by atoms with Crippen LogP contribution in [0, 0.1) is 5.92 Å². The molecule has 4 N–H and O–H groups in total. The lowest BCUT2D eigenvalue weighted by Gasteiger charge is -2.15. The molecule has 0 aliphatic heterocycles. The Hall–Kier alpha value is -1.59. The van der Waals surface area contributed by atoms with Crippen molar-refractivity contribution in [3.8, 4) is 0 Å². The van der Waals surface area contributed by atoms with E-state index in [2.05, 4.69) is 5.32 Å². The second-order valence-corrected chi connectivity index (χ2v) is 3.73. The third-order valence-electron chi connectivity index (χ3n) is 1.68. The molecule has 86 valence electrons. The smallest absolute Gasteiger partial charge is 0.326 e. The summed E-state index contributed by atoms with van der Waals surface area (Å²) in [6, 6.07) is -0.961. The van der Waals surface area contributed by atoms with Crippen molar-refractivity contribution in [2.24, 2.45) is 11.7 Å². The Labute approximate surface area is 87.8 Å². The van der Waals surface area contributed by atoms with Crippen molar-refractivity contribution in [2.45, 2.75) is 32.7 Å². The monoisotopic (exact) mass is 216 g/mol. The Balaban J connectivity index is 4.22. The first-order chi connectivity index (χ1) is 6.82. The second kappa shape index (κ2) is 6.00. The first-order valence-electron chi connectivity index (χ1n) is 4.63. The molecule has 0 bridgehead atoms. The van der Waals surface area contributed by atoms with Crippen LogP contribution in [0.5, 0.6) is 0 Å². The zero-order valence-electron chi connectivity index (χ0n) is 8.82. The quantitative estimate of drug-likeness (QED) is 0.519. The third kappa shape index (κ3) is 6.48. The molecular formula is C9H16N2O4. The SMILES string of the molecule is CC(C)C[C@@H](NC(=O)CC(N)=O)C(=O)O. The highest BCUT2D eigenvalue weighted by Gasteiger charge is 2.21. The van der Waals surface area contributed by atoms with Crippen LogP contribution in [0.1, 0.15) is 26.7 Å². The molecule has 6 heteroatoms. The molecule has 0 spiro atoms. The highest BCUT2D eigenvalue weighted by Crippen LogP contribution is 2.04. The maximum atomic E-state index is 11.1. The summed E-state index contributed by atoms with van der Waals surface area (Å²) in [5.74, 6) is -2.40. The number of carbonyl (C=O) groups is 3. The first kappa shape index (κ1) is 13.4. The van der Waals surface area contributed by atoms with E-state index in [1.807, 2.05) is 13.8 Å². The Morgan fingerprint density at radius 3 is 2.20 bits per heavy atom. The molecule has 0 unspecified atom stereocenters. The lowest BCUT2D eigenvalue weighted by atomic mass is 10.0. The predicted octanol–water partition coefficient (Wildman–Crippen LogP) is -0.523. The molecule has 0 saturated heterocycles. The predicted molar refractivity (Wildman–Crippen MR) is 52.8 cm³/mol. The van der Waals surface area contributed by atoms with Gasteiger partial charge in [-0.2, -0.15) is 0 Å². The fourth-order valence-electron chi connectivity index (χ4n) is 1.10. The van der Waals surface area contributed by atoms with Gasteiger partial charge in [0.1, 0.15) is 12.5 Å². The number of amides is 2. The van der Waals surface area contributed by atoms with Gasteiger partial charge in [0.05, 0.1) is 0 Å². The van der Waals surface area contributed by atoms with Gasteiger partial charge in [-0.25, -0.2) is 4.79 Å². The number of nitrogens with two attached hydrogens (primary N) is 1. The number of aliphatic carboxylic acids is 1. The number of primary amides is 1. The zero-order valence-corrected chi connectivity index (χ0v) is 8.82. The number of nitrogens with one attached hydrogen (secondary N) is 1. The van der Waals surface area contributed by atoms with Gasteiger partial charge < -0.3 is 16.2 Å². The number of rotatable bonds is 6. The van der Waals surface area contributed by atoms with E-state index in [0.29, 0.717) is 6.42 Å². The van der Waals surface area contributed by atoms with E-state index < -0.39 is 30.2 Å². The van der Waals surface area contributed by atoms with Gasteiger partial charge in [-0.1, -0.05) is 13.8 Å². The zero-order chi connectivity index (χ0) is 12.0. The van der Waals surface area contributed by atoms with Crippen molar-refractivity contribution in [1.82, 2.24) is 5.32 Å². The molecule has 0 heterocycles. The average Bonchev–Trinajstić information content (AvgIpc) is 1.99. The van der Waals surface area contributed by atoms with Crippen LogP contribution >= 0.6 is 0 Å². The van der Waals surface area contributed by atoms with E-state index in [-0.39, 0.29) is 5.92 Å². The van der Waals surface area contributed by atoms with Gasteiger partial charge in [0.25, 0.3) is 0 Å². The summed E-state index contributed by atoms with van der Waals surface area (Å²) in [4.78, 5) is 32.2. The molecule has 0 aromatic carbocycles. The summed E-state index contributed by atoms with van der Waals surface area (Å²) in [6.45, 7) is 3.69. The lowest BCUT2D eigenvalue weighted by Crippen LogP contribution is -2.42. The Morgan fingerprint density at radius 1 is 1.33 bits per heavy atom. The fraction of sp³-hybridized carbons (Fsp3) is 0.667. The number of carbonyl (C=O) groups excluding carboxylic acids is 2. The van der Waals surface area contributed by atoms with Crippen molar-refractivity contribution in [3.63, 3.8) is 0 Å². The second-order valence-electron chi connectivity index (χ2n) is 3.73. The van der Waals surface area contributed by atoms with Crippen LogP contribution < -0.4 is 11.1 Å². The maximum Gasteiger partial charge on any atom is 0.326 e. The van der Waals surface area contributed by atoms with Crippen molar-refractivity contribution in [3.05, 3.63) is 0 Å². The Bertz CT molecular complexity index is 263. The molecule has 0 aromatic rings. The molecule has 0 aromatic heterocycles. The van der Waals surface area contributed by atoms with E-state index in [1.165, 1.54) is 0 Å². The fourth-order valence-corrected chi connectivity index (χ4v) is 1.10. The van der Waals surface area contributed by atoms with Crippen molar-refractivity contribution in [1.29, 1.82) is 0 Å². The van der Waals surface area contributed by atoms with E-state index >= 15 is 0 Å². The number of hydrogen-bond acceptors (Lipinski definition) is 3. The lowest BCUT2D eigenvalue weighted by molar-refractivity contribution is -0.142. The summed E-state index contributed by atoms with van der Waals surface area (Å²) in [5, 5.41) is 11.0. The summed E-state index contributed by atoms with van der Waals surface area (Å²) in [5.41, 5.74) is 4.80. The van der Waals surface area contributed by atoms with Gasteiger partial charge in [0, 0.05) is 0 Å². The molecule has 0 rings (SSSR count). The summed E-state index contributed by atoms with van der Waals surface area (Å²) < 4.78 is 0. The summed E-state index contributed by atoms with van der Waals surface area (Å²) in [6.07, 6.45) is -0.165. The number of hydrogen-bond donors (Lipinski definition) is 3. The van der Waals surface area contributed by atoms with Gasteiger partial charge in [0.15, 0.2) is 0 Å². The van der Waals surface area contributed by atoms with E-state index in [1.54, 1.807) is 0 Å². The normalized spacial score (nSPS) is 12.2.